The van der Waals surface area contributed by atoms with E-state index >= 15 is 0 Å². The molecule has 1 unspecified atom stereocenters. The molecular weight excluding hydrogens is 238 g/mol. The maximum atomic E-state index is 5.98. The first-order valence-electron chi connectivity index (χ1n) is 6.06. The summed E-state index contributed by atoms with van der Waals surface area (Å²) in [4.78, 5) is 0. The Bertz CT molecular complexity index is 340. The normalized spacial score (nSPS) is 19.5. The first-order chi connectivity index (χ1) is 8.36. The second-order valence-corrected chi connectivity index (χ2v) is 4.53. The molecule has 94 valence electrons. The molecule has 0 aliphatic carbocycles. The number of ether oxygens (including phenoxy) is 2. The zero-order chi connectivity index (χ0) is 11.9. The van der Waals surface area contributed by atoms with Crippen molar-refractivity contribution in [2.45, 2.75) is 18.9 Å². The van der Waals surface area contributed by atoms with Gasteiger partial charge in [-0.3, -0.25) is 0 Å². The van der Waals surface area contributed by atoms with Gasteiger partial charge in [-0.05, 0) is 25.0 Å². The lowest BCUT2D eigenvalue weighted by atomic mass is 10.2. The predicted molar refractivity (Wildman–Crippen MR) is 68.8 cm³/mol. The van der Waals surface area contributed by atoms with Gasteiger partial charge in [0.15, 0.2) is 0 Å². The lowest BCUT2D eigenvalue weighted by Crippen LogP contribution is -2.29. The topological polar surface area (TPSA) is 30.5 Å². The van der Waals surface area contributed by atoms with Crippen LogP contribution in [0.5, 0.6) is 5.75 Å². The van der Waals surface area contributed by atoms with Gasteiger partial charge in [0.25, 0.3) is 0 Å². The van der Waals surface area contributed by atoms with Gasteiger partial charge in [0.1, 0.15) is 12.4 Å². The molecule has 0 spiro atoms. The summed E-state index contributed by atoms with van der Waals surface area (Å²) in [7, 11) is 0. The van der Waals surface area contributed by atoms with Crippen LogP contribution in [0, 0.1) is 0 Å². The molecule has 1 heterocycles. The number of benzene rings is 1. The van der Waals surface area contributed by atoms with Crippen LogP contribution in [0.1, 0.15) is 12.8 Å². The van der Waals surface area contributed by atoms with E-state index in [1.165, 1.54) is 12.8 Å². The Morgan fingerprint density at radius 2 is 2.29 bits per heavy atom. The lowest BCUT2D eigenvalue weighted by molar-refractivity contribution is 0.109. The van der Waals surface area contributed by atoms with Crippen LogP contribution in [0.4, 0.5) is 0 Å². The molecule has 0 bridgehead atoms. The minimum Gasteiger partial charge on any atom is -0.491 e. The van der Waals surface area contributed by atoms with Gasteiger partial charge < -0.3 is 14.8 Å². The summed E-state index contributed by atoms with van der Waals surface area (Å²) in [6.07, 6.45) is 2.73. The molecule has 1 saturated heterocycles. The van der Waals surface area contributed by atoms with Crippen molar-refractivity contribution < 1.29 is 9.47 Å². The zero-order valence-corrected chi connectivity index (χ0v) is 10.6. The van der Waals surface area contributed by atoms with Crippen LogP contribution in [0.25, 0.3) is 0 Å². The van der Waals surface area contributed by atoms with Crippen LogP contribution in [0.2, 0.25) is 5.02 Å². The van der Waals surface area contributed by atoms with E-state index in [1.54, 1.807) is 0 Å². The summed E-state index contributed by atoms with van der Waals surface area (Å²) >= 11 is 5.98. The molecular formula is C13H18ClNO2. The van der Waals surface area contributed by atoms with E-state index < -0.39 is 0 Å². The molecule has 1 aromatic rings. The van der Waals surface area contributed by atoms with E-state index in [0.717, 1.165) is 25.4 Å². The third-order valence-corrected chi connectivity index (χ3v) is 3.08. The van der Waals surface area contributed by atoms with Gasteiger partial charge in [0.05, 0.1) is 11.1 Å². The molecule has 0 radical (unpaired) electrons. The number of halogens is 1. The summed E-state index contributed by atoms with van der Waals surface area (Å²) in [6.45, 7) is 3.25. The Morgan fingerprint density at radius 3 is 3.06 bits per heavy atom. The highest BCUT2D eigenvalue weighted by molar-refractivity contribution is 6.32. The van der Waals surface area contributed by atoms with Crippen LogP contribution in [0.3, 0.4) is 0 Å². The Kier molecular flexibility index (Phi) is 5.10. The van der Waals surface area contributed by atoms with E-state index in [2.05, 4.69) is 5.32 Å². The highest BCUT2D eigenvalue weighted by Gasteiger charge is 2.14. The highest BCUT2D eigenvalue weighted by Crippen LogP contribution is 2.22. The first-order valence-corrected chi connectivity index (χ1v) is 6.44. The van der Waals surface area contributed by atoms with Gasteiger partial charge in [-0.15, -0.1) is 0 Å². The summed E-state index contributed by atoms with van der Waals surface area (Å²) < 4.78 is 11.1. The van der Waals surface area contributed by atoms with Gasteiger partial charge in [0, 0.05) is 19.7 Å². The summed E-state index contributed by atoms with van der Waals surface area (Å²) in [6, 6.07) is 7.52. The fourth-order valence-electron chi connectivity index (χ4n) is 1.86. The fourth-order valence-corrected chi connectivity index (χ4v) is 2.05. The van der Waals surface area contributed by atoms with Crippen LogP contribution in [-0.4, -0.2) is 32.4 Å². The molecule has 1 aromatic carbocycles. The van der Waals surface area contributed by atoms with Crippen molar-refractivity contribution in [3.05, 3.63) is 29.3 Å². The van der Waals surface area contributed by atoms with Crippen molar-refractivity contribution in [2.75, 3.05) is 26.3 Å². The molecule has 4 heteroatoms. The van der Waals surface area contributed by atoms with Crippen LogP contribution < -0.4 is 10.1 Å². The SMILES string of the molecule is Clc1ccccc1OCCNCC1CCCO1. The van der Waals surface area contributed by atoms with Gasteiger partial charge in [-0.2, -0.15) is 0 Å². The van der Waals surface area contributed by atoms with Crippen molar-refractivity contribution in [1.29, 1.82) is 0 Å². The third kappa shape index (κ3) is 4.19. The standard InChI is InChI=1S/C13H18ClNO2/c14-12-5-1-2-6-13(12)17-9-7-15-10-11-4-3-8-16-11/h1-2,5-6,11,15H,3-4,7-10H2. The highest BCUT2D eigenvalue weighted by atomic mass is 35.5. The molecule has 2 rings (SSSR count). The maximum absolute atomic E-state index is 5.98. The summed E-state index contributed by atoms with van der Waals surface area (Å²) in [5.74, 6) is 0.744. The number of rotatable bonds is 6. The average molecular weight is 256 g/mol. The number of hydrogen-bond donors (Lipinski definition) is 1. The Hall–Kier alpha value is -0.770. The van der Waals surface area contributed by atoms with Gasteiger partial charge in [-0.25, -0.2) is 0 Å². The number of hydrogen-bond acceptors (Lipinski definition) is 3. The second-order valence-electron chi connectivity index (χ2n) is 4.12. The number of nitrogens with one attached hydrogen (secondary N) is 1. The molecule has 1 aliphatic rings. The van der Waals surface area contributed by atoms with Crippen LogP contribution in [0.15, 0.2) is 24.3 Å². The van der Waals surface area contributed by atoms with E-state index in [-0.39, 0.29) is 0 Å². The zero-order valence-electron chi connectivity index (χ0n) is 9.82. The van der Waals surface area contributed by atoms with E-state index in [9.17, 15) is 0 Å². The van der Waals surface area contributed by atoms with Gasteiger partial charge in [0.2, 0.25) is 0 Å². The van der Waals surface area contributed by atoms with Crippen molar-refractivity contribution >= 4 is 11.6 Å². The van der Waals surface area contributed by atoms with Crippen molar-refractivity contribution in [3.63, 3.8) is 0 Å². The molecule has 1 fully saturated rings. The van der Waals surface area contributed by atoms with Gasteiger partial charge in [-0.1, -0.05) is 23.7 Å². The van der Waals surface area contributed by atoms with Gasteiger partial charge >= 0.3 is 0 Å². The second kappa shape index (κ2) is 6.84. The molecule has 0 saturated carbocycles. The average Bonchev–Trinajstić information content (AvgIpc) is 2.84. The van der Waals surface area contributed by atoms with E-state index in [4.69, 9.17) is 21.1 Å². The van der Waals surface area contributed by atoms with Crippen molar-refractivity contribution in [2.24, 2.45) is 0 Å². The van der Waals surface area contributed by atoms with Crippen LogP contribution in [-0.2, 0) is 4.74 Å². The lowest BCUT2D eigenvalue weighted by Gasteiger charge is -2.11. The largest absolute Gasteiger partial charge is 0.491 e. The fraction of sp³-hybridized carbons (Fsp3) is 0.538. The quantitative estimate of drug-likeness (QED) is 0.793. The minimum absolute atomic E-state index is 0.385. The Morgan fingerprint density at radius 1 is 1.41 bits per heavy atom. The van der Waals surface area contributed by atoms with Crippen molar-refractivity contribution in [1.82, 2.24) is 5.32 Å². The molecule has 0 aromatic heterocycles. The maximum Gasteiger partial charge on any atom is 0.137 e. The predicted octanol–water partition coefficient (Wildman–Crippen LogP) is 2.49. The molecule has 3 nitrogen and oxygen atoms in total. The smallest absolute Gasteiger partial charge is 0.137 e. The van der Waals surface area contributed by atoms with E-state index in [1.807, 2.05) is 24.3 Å². The number of para-hydroxylation sites is 1. The third-order valence-electron chi connectivity index (χ3n) is 2.77. The Labute approximate surface area is 107 Å². The molecule has 1 atom stereocenters. The minimum atomic E-state index is 0.385. The molecule has 1 aliphatic heterocycles. The molecule has 0 amide bonds. The summed E-state index contributed by atoms with van der Waals surface area (Å²) in [5.41, 5.74) is 0. The molecule has 1 N–H and O–H groups in total. The molecule has 17 heavy (non-hydrogen) atoms. The van der Waals surface area contributed by atoms with Crippen LogP contribution >= 0.6 is 11.6 Å². The Balaban J connectivity index is 1.58. The van der Waals surface area contributed by atoms with E-state index in [0.29, 0.717) is 17.7 Å². The van der Waals surface area contributed by atoms with Crippen molar-refractivity contribution in [3.8, 4) is 5.75 Å². The first kappa shape index (κ1) is 12.7. The monoisotopic (exact) mass is 255 g/mol. The summed E-state index contributed by atoms with van der Waals surface area (Å²) in [5, 5.41) is 3.98.